The van der Waals surface area contributed by atoms with Crippen molar-refractivity contribution in [2.75, 3.05) is 32.1 Å². The van der Waals surface area contributed by atoms with E-state index in [4.69, 9.17) is 0 Å². The third-order valence-corrected chi connectivity index (χ3v) is 4.92. The normalized spacial score (nSPS) is 29.1. The van der Waals surface area contributed by atoms with Gasteiger partial charge in [-0.25, -0.2) is 0 Å². The summed E-state index contributed by atoms with van der Waals surface area (Å²) < 4.78 is 1.40. The Balaban J connectivity index is 2.07. The second kappa shape index (κ2) is 3.88. The molecule has 86 valence electrons. The van der Waals surface area contributed by atoms with E-state index in [-0.39, 0.29) is 0 Å². The van der Waals surface area contributed by atoms with Crippen LogP contribution in [0.5, 0.6) is 0 Å². The van der Waals surface area contributed by atoms with Gasteiger partial charge in [0, 0.05) is 29.1 Å². The van der Waals surface area contributed by atoms with Crippen molar-refractivity contribution in [1.82, 2.24) is 4.90 Å². The van der Waals surface area contributed by atoms with Gasteiger partial charge >= 0.3 is 0 Å². The Hall–Kier alpha value is -0.290. The fourth-order valence-electron chi connectivity index (χ4n) is 3.24. The van der Waals surface area contributed by atoms with Gasteiger partial charge in [0.2, 0.25) is 0 Å². The van der Waals surface area contributed by atoms with E-state index in [0.717, 1.165) is 6.04 Å². The monoisotopic (exact) mass is 328 g/mol. The molecule has 2 heterocycles. The first-order valence-electron chi connectivity index (χ1n) is 5.88. The molecule has 1 fully saturated rings. The van der Waals surface area contributed by atoms with E-state index < -0.39 is 0 Å². The number of benzene rings is 1. The lowest BCUT2D eigenvalue weighted by Crippen LogP contribution is -2.43. The van der Waals surface area contributed by atoms with Gasteiger partial charge in [0.1, 0.15) is 0 Å². The largest absolute Gasteiger partial charge is 0.370 e. The van der Waals surface area contributed by atoms with Crippen molar-refractivity contribution in [3.63, 3.8) is 0 Å². The summed E-state index contributed by atoms with van der Waals surface area (Å²) in [5, 5.41) is 0. The molecule has 0 N–H and O–H groups in total. The predicted octanol–water partition coefficient (Wildman–Crippen LogP) is 2.53. The average molecular weight is 328 g/mol. The first-order valence-corrected chi connectivity index (χ1v) is 6.96. The Morgan fingerprint density at radius 1 is 1.31 bits per heavy atom. The van der Waals surface area contributed by atoms with Crippen LogP contribution >= 0.6 is 22.6 Å². The highest BCUT2D eigenvalue weighted by molar-refractivity contribution is 14.1. The van der Waals surface area contributed by atoms with E-state index in [1.807, 2.05) is 0 Å². The molecule has 2 aliphatic heterocycles. The van der Waals surface area contributed by atoms with E-state index in [1.165, 1.54) is 28.8 Å². The minimum Gasteiger partial charge on any atom is -0.370 e. The lowest BCUT2D eigenvalue weighted by atomic mass is 9.89. The number of hydrogen-bond donors (Lipinski definition) is 0. The molecule has 3 rings (SSSR count). The summed E-state index contributed by atoms with van der Waals surface area (Å²) in [6.07, 6.45) is 1.29. The molecule has 0 bridgehead atoms. The summed E-state index contributed by atoms with van der Waals surface area (Å²) in [5.74, 6) is 0.716. The van der Waals surface area contributed by atoms with Crippen molar-refractivity contribution in [3.8, 4) is 0 Å². The fourth-order valence-corrected chi connectivity index (χ4v) is 4.14. The molecular formula is C13H17IN2. The Labute approximate surface area is 111 Å². The minimum atomic E-state index is 0.716. The van der Waals surface area contributed by atoms with Crippen molar-refractivity contribution in [1.29, 1.82) is 0 Å². The molecule has 0 saturated carbocycles. The maximum Gasteiger partial charge on any atom is 0.0538 e. The number of anilines is 1. The minimum absolute atomic E-state index is 0.716. The summed E-state index contributed by atoms with van der Waals surface area (Å²) >= 11 is 2.46. The maximum absolute atomic E-state index is 2.51. The van der Waals surface area contributed by atoms with Gasteiger partial charge in [-0.15, -0.1) is 0 Å². The third-order valence-electron chi connectivity index (χ3n) is 4.05. The smallest absolute Gasteiger partial charge is 0.0538 e. The fraction of sp³-hybridized carbons (Fsp3) is 0.538. The van der Waals surface area contributed by atoms with Crippen molar-refractivity contribution in [3.05, 3.63) is 27.3 Å². The number of rotatable bonds is 0. The number of nitrogens with zero attached hydrogens (tertiary/aromatic N) is 2. The second-order valence-corrected chi connectivity index (χ2v) is 6.18. The van der Waals surface area contributed by atoms with Crippen LogP contribution in [0.2, 0.25) is 0 Å². The number of likely N-dealkylation sites (tertiary alicyclic amines) is 1. The number of halogens is 1. The number of piperidine rings is 1. The van der Waals surface area contributed by atoms with Crippen LogP contribution < -0.4 is 4.90 Å². The molecule has 1 saturated heterocycles. The lowest BCUT2D eigenvalue weighted by molar-refractivity contribution is 0.234. The zero-order valence-electron chi connectivity index (χ0n) is 9.78. The Kier molecular flexibility index (Phi) is 2.63. The van der Waals surface area contributed by atoms with Gasteiger partial charge in [-0.3, -0.25) is 0 Å². The van der Waals surface area contributed by atoms with Gasteiger partial charge < -0.3 is 9.80 Å². The summed E-state index contributed by atoms with van der Waals surface area (Å²) in [4.78, 5) is 4.97. The summed E-state index contributed by atoms with van der Waals surface area (Å²) in [5.41, 5.74) is 3.04. The number of fused-ring (bicyclic) bond motifs is 3. The van der Waals surface area contributed by atoms with E-state index in [1.54, 1.807) is 5.56 Å². The molecule has 2 nitrogen and oxygen atoms in total. The van der Waals surface area contributed by atoms with Crippen LogP contribution in [-0.2, 0) is 0 Å². The first-order chi connectivity index (χ1) is 7.68. The highest BCUT2D eigenvalue weighted by atomic mass is 127. The highest BCUT2D eigenvalue weighted by Crippen LogP contribution is 2.45. The van der Waals surface area contributed by atoms with Crippen molar-refractivity contribution >= 4 is 28.3 Å². The van der Waals surface area contributed by atoms with E-state index >= 15 is 0 Å². The molecular weight excluding hydrogens is 311 g/mol. The molecule has 0 unspecified atom stereocenters. The van der Waals surface area contributed by atoms with Crippen molar-refractivity contribution < 1.29 is 0 Å². The first kappa shape index (κ1) is 10.8. The van der Waals surface area contributed by atoms with Crippen LogP contribution in [0.3, 0.4) is 0 Å². The molecule has 0 aliphatic carbocycles. The van der Waals surface area contributed by atoms with Crippen LogP contribution in [0.4, 0.5) is 5.69 Å². The molecule has 0 aromatic heterocycles. The van der Waals surface area contributed by atoms with Crippen LogP contribution in [0.25, 0.3) is 0 Å². The molecule has 0 radical (unpaired) electrons. The zero-order chi connectivity index (χ0) is 11.3. The van der Waals surface area contributed by atoms with Crippen LogP contribution in [0, 0.1) is 3.57 Å². The molecule has 0 spiro atoms. The van der Waals surface area contributed by atoms with Crippen molar-refractivity contribution in [2.24, 2.45) is 0 Å². The Bertz CT molecular complexity index is 418. The number of hydrogen-bond acceptors (Lipinski definition) is 2. The van der Waals surface area contributed by atoms with Crippen LogP contribution in [0.15, 0.2) is 18.2 Å². The Morgan fingerprint density at radius 2 is 2.12 bits per heavy atom. The molecule has 0 amide bonds. The van der Waals surface area contributed by atoms with Gasteiger partial charge in [-0.05, 0) is 54.2 Å². The van der Waals surface area contributed by atoms with Gasteiger partial charge in [0.15, 0.2) is 0 Å². The number of likely N-dealkylation sites (N-methyl/N-ethyl adjacent to an activating group) is 2. The van der Waals surface area contributed by atoms with E-state index in [0.29, 0.717) is 5.92 Å². The second-order valence-electron chi connectivity index (χ2n) is 5.01. The molecule has 2 aliphatic rings. The van der Waals surface area contributed by atoms with Gasteiger partial charge in [-0.2, -0.15) is 0 Å². The average Bonchev–Trinajstić information content (AvgIpc) is 2.54. The molecule has 1 aromatic rings. The summed E-state index contributed by atoms with van der Waals surface area (Å²) in [6.45, 7) is 2.44. The summed E-state index contributed by atoms with van der Waals surface area (Å²) in [6, 6.07) is 7.46. The van der Waals surface area contributed by atoms with Crippen LogP contribution in [-0.4, -0.2) is 38.1 Å². The van der Waals surface area contributed by atoms with Gasteiger partial charge in [0.05, 0.1) is 5.69 Å². The van der Waals surface area contributed by atoms with Gasteiger partial charge in [0.25, 0.3) is 0 Å². The third kappa shape index (κ3) is 1.48. The summed E-state index contributed by atoms with van der Waals surface area (Å²) in [7, 11) is 4.50. The van der Waals surface area contributed by atoms with E-state index in [2.05, 4.69) is 64.7 Å². The molecule has 3 heteroatoms. The van der Waals surface area contributed by atoms with E-state index in [9.17, 15) is 0 Å². The maximum atomic E-state index is 2.51. The SMILES string of the molecule is CN1CC[C@H]2[C@@H](C1)c1cccc(I)c1N2C. The highest BCUT2D eigenvalue weighted by Gasteiger charge is 2.40. The predicted molar refractivity (Wildman–Crippen MR) is 76.2 cm³/mol. The topological polar surface area (TPSA) is 6.48 Å². The lowest BCUT2D eigenvalue weighted by Gasteiger charge is -2.35. The quantitative estimate of drug-likeness (QED) is 0.676. The molecule has 2 atom stereocenters. The zero-order valence-corrected chi connectivity index (χ0v) is 11.9. The van der Waals surface area contributed by atoms with Gasteiger partial charge in [-0.1, -0.05) is 12.1 Å². The standard InChI is InChI=1S/C13H17IN2/c1-15-7-6-12-10(8-15)9-4-3-5-11(14)13(9)16(12)2/h3-5,10,12H,6-8H2,1-2H3/t10-,12-/m0/s1. The molecule has 16 heavy (non-hydrogen) atoms. The number of para-hydroxylation sites is 1. The Morgan fingerprint density at radius 3 is 2.94 bits per heavy atom. The molecule has 1 aromatic carbocycles. The van der Waals surface area contributed by atoms with Crippen molar-refractivity contribution in [2.45, 2.75) is 18.4 Å². The van der Waals surface area contributed by atoms with Crippen LogP contribution in [0.1, 0.15) is 17.9 Å².